The Morgan fingerprint density at radius 2 is 2.21 bits per heavy atom. The van der Waals surface area contributed by atoms with Crippen molar-refractivity contribution in [1.29, 1.82) is 0 Å². The fraction of sp³-hybridized carbons (Fsp3) is 1.00. The summed E-state index contributed by atoms with van der Waals surface area (Å²) in [5.74, 6) is 3.73. The van der Waals surface area contributed by atoms with Crippen LogP contribution in [0.2, 0.25) is 0 Å². The van der Waals surface area contributed by atoms with Gasteiger partial charge in [-0.25, -0.2) is 0 Å². The fourth-order valence-electron chi connectivity index (χ4n) is 2.28. The molecule has 0 bridgehead atoms. The molecule has 2 unspecified atom stereocenters. The highest BCUT2D eigenvalue weighted by Gasteiger charge is 2.23. The van der Waals surface area contributed by atoms with Gasteiger partial charge in [0.15, 0.2) is 0 Å². The molecule has 1 N–H and O–H groups in total. The Morgan fingerprint density at radius 3 is 2.79 bits per heavy atom. The molecule has 1 heterocycles. The highest BCUT2D eigenvalue weighted by Crippen LogP contribution is 2.28. The molecule has 1 fully saturated rings. The minimum Gasteiger partial charge on any atom is -0.317 e. The molecule has 0 aromatic rings. The maximum atomic E-state index is 3.51. The van der Waals surface area contributed by atoms with Gasteiger partial charge in [-0.05, 0) is 37.3 Å². The van der Waals surface area contributed by atoms with Crippen molar-refractivity contribution >= 4 is 11.8 Å². The summed E-state index contributed by atoms with van der Waals surface area (Å²) in [5, 5.41) is 3.51. The van der Waals surface area contributed by atoms with Crippen molar-refractivity contribution in [2.75, 3.05) is 18.6 Å². The van der Waals surface area contributed by atoms with Crippen molar-refractivity contribution in [2.24, 2.45) is 5.92 Å². The smallest absolute Gasteiger partial charge is 0.0100 e. The van der Waals surface area contributed by atoms with Gasteiger partial charge in [0.2, 0.25) is 0 Å². The molecular formula is C12H25NS. The molecular weight excluding hydrogens is 190 g/mol. The molecule has 1 aliphatic rings. The van der Waals surface area contributed by atoms with Crippen LogP contribution in [-0.4, -0.2) is 24.6 Å². The highest BCUT2D eigenvalue weighted by molar-refractivity contribution is 7.99. The third kappa shape index (κ3) is 4.22. The van der Waals surface area contributed by atoms with Crippen molar-refractivity contribution in [2.45, 2.75) is 51.5 Å². The van der Waals surface area contributed by atoms with E-state index in [-0.39, 0.29) is 0 Å². The van der Waals surface area contributed by atoms with Gasteiger partial charge in [-0.15, -0.1) is 0 Å². The van der Waals surface area contributed by atoms with Crippen LogP contribution in [0.5, 0.6) is 0 Å². The molecule has 1 rings (SSSR count). The molecule has 1 nitrogen and oxygen atoms in total. The van der Waals surface area contributed by atoms with Gasteiger partial charge in [0.1, 0.15) is 0 Å². The molecule has 0 saturated carbocycles. The number of hydrogen-bond acceptors (Lipinski definition) is 2. The lowest BCUT2D eigenvalue weighted by Crippen LogP contribution is -2.33. The molecule has 0 radical (unpaired) electrons. The van der Waals surface area contributed by atoms with Crippen molar-refractivity contribution in [3.05, 3.63) is 0 Å². The van der Waals surface area contributed by atoms with Crippen LogP contribution in [0.1, 0.15) is 45.4 Å². The summed E-state index contributed by atoms with van der Waals surface area (Å²) in [4.78, 5) is 0. The lowest BCUT2D eigenvalue weighted by atomic mass is 9.94. The van der Waals surface area contributed by atoms with E-state index in [2.05, 4.69) is 31.1 Å². The van der Waals surface area contributed by atoms with E-state index in [9.17, 15) is 0 Å². The average Bonchev–Trinajstić information content (AvgIpc) is 2.71. The fourth-order valence-corrected chi connectivity index (χ4v) is 3.61. The predicted molar refractivity (Wildman–Crippen MR) is 67.0 cm³/mol. The van der Waals surface area contributed by atoms with Crippen LogP contribution in [0.25, 0.3) is 0 Å². The van der Waals surface area contributed by atoms with Crippen molar-refractivity contribution in [1.82, 2.24) is 5.32 Å². The van der Waals surface area contributed by atoms with Crippen LogP contribution >= 0.6 is 11.8 Å². The summed E-state index contributed by atoms with van der Waals surface area (Å²) in [5.41, 5.74) is 0. The van der Waals surface area contributed by atoms with Gasteiger partial charge in [-0.3, -0.25) is 0 Å². The quantitative estimate of drug-likeness (QED) is 0.654. The highest BCUT2D eigenvalue weighted by atomic mass is 32.2. The van der Waals surface area contributed by atoms with E-state index in [1.54, 1.807) is 0 Å². The van der Waals surface area contributed by atoms with Crippen LogP contribution in [0.4, 0.5) is 0 Å². The first kappa shape index (κ1) is 12.4. The van der Waals surface area contributed by atoms with E-state index < -0.39 is 0 Å². The molecule has 2 atom stereocenters. The zero-order valence-electron chi connectivity index (χ0n) is 9.72. The van der Waals surface area contributed by atoms with E-state index in [1.165, 1.54) is 50.0 Å². The number of unbranched alkanes of at least 4 members (excludes halogenated alkanes) is 3. The Balaban J connectivity index is 2.11. The second-order valence-corrected chi connectivity index (χ2v) is 5.52. The Bertz CT molecular complexity index is 132. The van der Waals surface area contributed by atoms with E-state index in [4.69, 9.17) is 0 Å². The van der Waals surface area contributed by atoms with Gasteiger partial charge in [-0.2, -0.15) is 11.8 Å². The second kappa shape index (κ2) is 7.58. The first-order chi connectivity index (χ1) is 6.88. The van der Waals surface area contributed by atoms with Gasteiger partial charge in [0, 0.05) is 6.04 Å². The number of thioether (sulfide) groups is 1. The molecule has 1 saturated heterocycles. The zero-order valence-corrected chi connectivity index (χ0v) is 10.5. The van der Waals surface area contributed by atoms with Gasteiger partial charge in [0.25, 0.3) is 0 Å². The summed E-state index contributed by atoms with van der Waals surface area (Å²) in [6, 6.07) is 0.793. The van der Waals surface area contributed by atoms with Gasteiger partial charge in [0.05, 0.1) is 0 Å². The lowest BCUT2D eigenvalue weighted by Gasteiger charge is -2.22. The van der Waals surface area contributed by atoms with Crippen molar-refractivity contribution in [3.63, 3.8) is 0 Å². The van der Waals surface area contributed by atoms with Gasteiger partial charge in [-0.1, -0.05) is 32.6 Å². The van der Waals surface area contributed by atoms with Crippen LogP contribution in [0, 0.1) is 5.92 Å². The Hall–Kier alpha value is 0.310. The van der Waals surface area contributed by atoms with Gasteiger partial charge >= 0.3 is 0 Å². The summed E-state index contributed by atoms with van der Waals surface area (Å²) in [6.45, 7) is 2.28. The average molecular weight is 215 g/mol. The SMILES string of the molecule is CCCCCCC(NC)C1CCSC1. The molecule has 84 valence electrons. The van der Waals surface area contributed by atoms with E-state index in [0.29, 0.717) is 0 Å². The van der Waals surface area contributed by atoms with Crippen LogP contribution < -0.4 is 5.32 Å². The molecule has 0 aliphatic carbocycles. The zero-order chi connectivity index (χ0) is 10.2. The minimum absolute atomic E-state index is 0.793. The molecule has 14 heavy (non-hydrogen) atoms. The Labute approximate surface area is 93.4 Å². The van der Waals surface area contributed by atoms with E-state index in [1.807, 2.05) is 0 Å². The molecule has 0 spiro atoms. The number of rotatable bonds is 7. The van der Waals surface area contributed by atoms with E-state index in [0.717, 1.165) is 12.0 Å². The molecule has 0 amide bonds. The third-order valence-electron chi connectivity index (χ3n) is 3.27. The third-order valence-corrected chi connectivity index (χ3v) is 4.46. The normalized spacial score (nSPS) is 24.0. The Kier molecular flexibility index (Phi) is 6.70. The standard InChI is InChI=1S/C12H25NS/c1-3-4-5-6-7-12(13-2)11-8-9-14-10-11/h11-13H,3-10H2,1-2H3. The summed E-state index contributed by atoms with van der Waals surface area (Å²) >= 11 is 2.13. The topological polar surface area (TPSA) is 12.0 Å². The van der Waals surface area contributed by atoms with Gasteiger partial charge < -0.3 is 5.32 Å². The molecule has 0 aromatic carbocycles. The molecule has 2 heteroatoms. The maximum absolute atomic E-state index is 3.51. The van der Waals surface area contributed by atoms with Crippen molar-refractivity contribution < 1.29 is 0 Å². The molecule has 0 aromatic heterocycles. The van der Waals surface area contributed by atoms with E-state index >= 15 is 0 Å². The van der Waals surface area contributed by atoms with Crippen LogP contribution in [-0.2, 0) is 0 Å². The summed E-state index contributed by atoms with van der Waals surface area (Å²) in [6.07, 6.45) is 8.43. The number of nitrogens with one attached hydrogen (secondary N) is 1. The summed E-state index contributed by atoms with van der Waals surface area (Å²) < 4.78 is 0. The van der Waals surface area contributed by atoms with Crippen molar-refractivity contribution in [3.8, 4) is 0 Å². The lowest BCUT2D eigenvalue weighted by molar-refractivity contribution is 0.371. The van der Waals surface area contributed by atoms with Crippen LogP contribution in [0.15, 0.2) is 0 Å². The second-order valence-electron chi connectivity index (χ2n) is 4.37. The largest absolute Gasteiger partial charge is 0.317 e. The minimum atomic E-state index is 0.793. The monoisotopic (exact) mass is 215 g/mol. The summed E-state index contributed by atoms with van der Waals surface area (Å²) in [7, 11) is 2.13. The Morgan fingerprint density at radius 1 is 1.36 bits per heavy atom. The predicted octanol–water partition coefficient (Wildman–Crippen LogP) is 3.30. The van der Waals surface area contributed by atoms with Crippen LogP contribution in [0.3, 0.4) is 0 Å². The first-order valence-corrected chi connectivity index (χ1v) is 7.29. The number of hydrogen-bond donors (Lipinski definition) is 1. The molecule has 1 aliphatic heterocycles. The first-order valence-electron chi connectivity index (χ1n) is 6.13. The maximum Gasteiger partial charge on any atom is 0.0100 e.